The zero-order valence-electron chi connectivity index (χ0n) is 19.6. The molecule has 4 nitrogen and oxygen atoms in total. The molecule has 3 aromatic rings. The van der Waals surface area contributed by atoms with Crippen LogP contribution >= 0.6 is 11.6 Å². The van der Waals surface area contributed by atoms with Crippen LogP contribution in [0, 0.1) is 11.2 Å². The maximum absolute atomic E-state index is 15.5. The normalized spacial score (nSPS) is 18.9. The Hall–Kier alpha value is -3.44. The number of carbonyl (C=O) groups excluding carboxylic acids is 2. The molecule has 0 saturated heterocycles. The van der Waals surface area contributed by atoms with Crippen LogP contribution in [0.3, 0.4) is 0 Å². The van der Waals surface area contributed by atoms with Crippen LogP contribution in [0.15, 0.2) is 84.1 Å². The van der Waals surface area contributed by atoms with Gasteiger partial charge in [-0.05, 0) is 41.7 Å². The molecule has 0 radical (unpaired) electrons. The number of ketones is 1. The molecule has 1 aliphatic carbocycles. The molecule has 3 aromatic carbocycles. The first-order chi connectivity index (χ1) is 16.7. The summed E-state index contributed by atoms with van der Waals surface area (Å²) in [5.41, 5.74) is 3.07. The van der Waals surface area contributed by atoms with Crippen LogP contribution < -0.4 is 10.2 Å². The van der Waals surface area contributed by atoms with Crippen LogP contribution in [0.2, 0.25) is 5.02 Å². The number of fused-ring (bicyclic) bond motifs is 1. The molecule has 1 N–H and O–H groups in total. The number of anilines is 2. The largest absolute Gasteiger partial charge is 0.357 e. The van der Waals surface area contributed by atoms with Gasteiger partial charge >= 0.3 is 0 Å². The molecule has 2 aliphatic rings. The number of carbonyl (C=O) groups is 2. The molecule has 1 heterocycles. The minimum absolute atomic E-state index is 0.0973. The molecule has 0 saturated carbocycles. The first-order valence-electron chi connectivity index (χ1n) is 11.7. The monoisotopic (exact) mass is 488 g/mol. The van der Waals surface area contributed by atoms with E-state index in [0.29, 0.717) is 35.5 Å². The van der Waals surface area contributed by atoms with E-state index in [9.17, 15) is 9.59 Å². The van der Waals surface area contributed by atoms with Gasteiger partial charge < -0.3 is 5.32 Å². The van der Waals surface area contributed by atoms with Gasteiger partial charge in [-0.1, -0.05) is 74.0 Å². The van der Waals surface area contributed by atoms with Crippen molar-refractivity contribution in [3.8, 4) is 0 Å². The lowest BCUT2D eigenvalue weighted by Gasteiger charge is -2.37. The number of nitrogens with zero attached hydrogens (tertiary/aromatic N) is 1. The van der Waals surface area contributed by atoms with E-state index in [1.54, 1.807) is 11.0 Å². The Bertz CT molecular complexity index is 1330. The lowest BCUT2D eigenvalue weighted by Crippen LogP contribution is -2.40. The van der Waals surface area contributed by atoms with Crippen LogP contribution in [0.4, 0.5) is 15.8 Å². The average molecular weight is 489 g/mol. The Morgan fingerprint density at radius 1 is 1.03 bits per heavy atom. The Labute approximate surface area is 209 Å². The molecule has 35 heavy (non-hydrogen) atoms. The van der Waals surface area contributed by atoms with Crippen molar-refractivity contribution >= 4 is 34.7 Å². The molecule has 1 aliphatic heterocycles. The highest BCUT2D eigenvalue weighted by atomic mass is 35.5. The van der Waals surface area contributed by atoms with Gasteiger partial charge in [0.1, 0.15) is 5.82 Å². The Balaban J connectivity index is 1.77. The minimum atomic E-state index is -0.991. The molecular formula is C29H26ClFN2O2. The zero-order valence-corrected chi connectivity index (χ0v) is 20.4. The zero-order chi connectivity index (χ0) is 24.7. The second kappa shape index (κ2) is 8.97. The van der Waals surface area contributed by atoms with E-state index in [1.165, 1.54) is 12.1 Å². The average Bonchev–Trinajstić information content (AvgIpc) is 2.93. The van der Waals surface area contributed by atoms with Crippen molar-refractivity contribution < 1.29 is 14.0 Å². The molecule has 178 valence electrons. The standard InChI is InChI=1S/C29H26ClFN2O2/c1-29(2)16-22-27(24(34)17-29)28(26-19(30)11-8-12-20(26)31)33(23-14-7-6-13-21(23)32-22)25(35)15-18-9-4-3-5-10-18/h3-14,28,32H,15-17H2,1-2H3/t28-/m0/s1. The maximum atomic E-state index is 15.5. The molecule has 1 amide bonds. The van der Waals surface area contributed by atoms with Crippen LogP contribution in [-0.2, 0) is 16.0 Å². The smallest absolute Gasteiger partial charge is 0.232 e. The van der Waals surface area contributed by atoms with Gasteiger partial charge in [-0.3, -0.25) is 14.5 Å². The van der Waals surface area contributed by atoms with Crippen molar-refractivity contribution in [3.05, 3.63) is 106 Å². The molecule has 1 atom stereocenters. The van der Waals surface area contributed by atoms with Gasteiger partial charge in [0.2, 0.25) is 5.91 Å². The fourth-order valence-corrected chi connectivity index (χ4v) is 5.43. The van der Waals surface area contributed by atoms with Gasteiger partial charge in [-0.25, -0.2) is 4.39 Å². The summed E-state index contributed by atoms with van der Waals surface area (Å²) in [4.78, 5) is 29.2. The number of rotatable bonds is 3. The van der Waals surface area contributed by atoms with Gasteiger partial charge in [0.05, 0.1) is 23.8 Å². The highest BCUT2D eigenvalue weighted by Crippen LogP contribution is 2.49. The Morgan fingerprint density at radius 2 is 1.74 bits per heavy atom. The summed E-state index contributed by atoms with van der Waals surface area (Å²) >= 11 is 6.58. The van der Waals surface area contributed by atoms with Crippen LogP contribution in [-0.4, -0.2) is 11.7 Å². The fourth-order valence-electron chi connectivity index (χ4n) is 5.16. The first-order valence-corrected chi connectivity index (χ1v) is 12.1. The molecule has 0 spiro atoms. The van der Waals surface area contributed by atoms with Crippen molar-refractivity contribution in [2.45, 2.75) is 39.2 Å². The van der Waals surface area contributed by atoms with Gasteiger partial charge in [0.15, 0.2) is 5.78 Å². The van der Waals surface area contributed by atoms with E-state index in [0.717, 1.165) is 5.56 Å². The lowest BCUT2D eigenvalue weighted by molar-refractivity contribution is -0.119. The number of halogens is 2. The predicted octanol–water partition coefficient (Wildman–Crippen LogP) is 6.86. The summed E-state index contributed by atoms with van der Waals surface area (Å²) in [5.74, 6) is -0.914. The summed E-state index contributed by atoms with van der Waals surface area (Å²) in [6.45, 7) is 4.08. The highest BCUT2D eigenvalue weighted by Gasteiger charge is 2.44. The molecule has 6 heteroatoms. The number of para-hydroxylation sites is 2. The van der Waals surface area contributed by atoms with E-state index in [4.69, 9.17) is 11.6 Å². The SMILES string of the molecule is CC1(C)CC(=O)C2=C(C1)Nc1ccccc1N(C(=O)Cc1ccccc1)[C@H]2c1c(F)cccc1Cl. The third kappa shape index (κ3) is 4.37. The maximum Gasteiger partial charge on any atom is 0.232 e. The molecule has 0 fully saturated rings. The third-order valence-corrected chi connectivity index (χ3v) is 6.97. The summed E-state index contributed by atoms with van der Waals surface area (Å²) in [6.07, 6.45) is 0.985. The Morgan fingerprint density at radius 3 is 2.49 bits per heavy atom. The number of nitrogens with one attached hydrogen (secondary N) is 1. The van der Waals surface area contributed by atoms with Gasteiger partial charge in [-0.2, -0.15) is 0 Å². The molecule has 5 rings (SSSR count). The van der Waals surface area contributed by atoms with Crippen LogP contribution in [0.1, 0.15) is 43.9 Å². The van der Waals surface area contributed by atoms with Crippen molar-refractivity contribution in [2.24, 2.45) is 5.41 Å². The number of benzene rings is 3. The van der Waals surface area contributed by atoms with Gasteiger partial charge in [0, 0.05) is 28.3 Å². The number of Topliss-reactive ketones (excluding diaryl/α,β-unsaturated/α-hetero) is 1. The van der Waals surface area contributed by atoms with Crippen molar-refractivity contribution in [3.63, 3.8) is 0 Å². The predicted molar refractivity (Wildman–Crippen MR) is 137 cm³/mol. The topological polar surface area (TPSA) is 49.4 Å². The van der Waals surface area contributed by atoms with Crippen molar-refractivity contribution in [1.82, 2.24) is 0 Å². The minimum Gasteiger partial charge on any atom is -0.357 e. The first kappa shape index (κ1) is 23.3. The molecular weight excluding hydrogens is 463 g/mol. The number of amides is 1. The van der Waals surface area contributed by atoms with E-state index in [2.05, 4.69) is 5.32 Å². The van der Waals surface area contributed by atoms with E-state index >= 15 is 4.39 Å². The van der Waals surface area contributed by atoms with Crippen LogP contribution in [0.25, 0.3) is 0 Å². The summed E-state index contributed by atoms with van der Waals surface area (Å²) in [7, 11) is 0. The van der Waals surface area contributed by atoms with Crippen molar-refractivity contribution in [2.75, 3.05) is 10.2 Å². The summed E-state index contributed by atoms with van der Waals surface area (Å²) < 4.78 is 15.5. The third-order valence-electron chi connectivity index (χ3n) is 6.64. The van der Waals surface area contributed by atoms with Crippen molar-refractivity contribution in [1.29, 1.82) is 0 Å². The quantitative estimate of drug-likeness (QED) is 0.438. The van der Waals surface area contributed by atoms with Gasteiger partial charge in [-0.15, -0.1) is 0 Å². The summed E-state index contributed by atoms with van der Waals surface area (Å²) in [5, 5.41) is 3.61. The Kier molecular flexibility index (Phi) is 5.97. The second-order valence-electron chi connectivity index (χ2n) is 9.94. The number of hydrogen-bond donors (Lipinski definition) is 1. The molecule has 0 unspecified atom stereocenters. The number of allylic oxidation sites excluding steroid dienone is 1. The van der Waals surface area contributed by atoms with E-state index < -0.39 is 11.9 Å². The van der Waals surface area contributed by atoms with E-state index in [-0.39, 0.29) is 34.1 Å². The molecule has 0 aromatic heterocycles. The van der Waals surface area contributed by atoms with Gasteiger partial charge in [0.25, 0.3) is 0 Å². The number of hydrogen-bond acceptors (Lipinski definition) is 3. The van der Waals surface area contributed by atoms with Crippen LogP contribution in [0.5, 0.6) is 0 Å². The highest BCUT2D eigenvalue weighted by molar-refractivity contribution is 6.31. The second-order valence-corrected chi connectivity index (χ2v) is 10.3. The van der Waals surface area contributed by atoms with E-state index in [1.807, 2.05) is 68.4 Å². The summed E-state index contributed by atoms with van der Waals surface area (Å²) in [6, 6.07) is 20.3. The lowest BCUT2D eigenvalue weighted by atomic mass is 9.73. The molecule has 0 bridgehead atoms. The fraction of sp³-hybridized carbons (Fsp3) is 0.241.